The maximum absolute atomic E-state index is 6.71. The molecule has 0 aromatic rings. The molecule has 0 aromatic carbocycles. The van der Waals surface area contributed by atoms with E-state index >= 15 is 0 Å². The van der Waals surface area contributed by atoms with Crippen molar-refractivity contribution in [2.75, 3.05) is 73.9 Å². The highest BCUT2D eigenvalue weighted by molar-refractivity contribution is 8.15. The normalized spacial score (nSPS) is 15.4. The van der Waals surface area contributed by atoms with Crippen LogP contribution in [0.5, 0.6) is 0 Å². The van der Waals surface area contributed by atoms with Crippen LogP contribution in [0.15, 0.2) is 0 Å². The second-order valence-corrected chi connectivity index (χ2v) is 40.7. The largest absolute Gasteiger partial charge is 0.106 e. The Labute approximate surface area is 290 Å². The van der Waals surface area contributed by atoms with Crippen molar-refractivity contribution in [1.82, 2.24) is 0 Å². The number of hydrogen-bond donors (Lipinski definition) is 0. The molecular formula is C36H78P4S3. The minimum Gasteiger partial charge on any atom is -0.106 e. The van der Waals surface area contributed by atoms with Crippen LogP contribution in [0.25, 0.3) is 0 Å². The van der Waals surface area contributed by atoms with Gasteiger partial charge in [0, 0.05) is 0 Å². The molecule has 0 spiro atoms. The van der Waals surface area contributed by atoms with Gasteiger partial charge in [0.25, 0.3) is 0 Å². The second kappa shape index (κ2) is 16.4. The zero-order valence-corrected chi connectivity index (χ0v) is 38.5. The summed E-state index contributed by atoms with van der Waals surface area (Å²) in [5, 5.41) is 0. The van der Waals surface area contributed by atoms with E-state index in [1.54, 1.807) is 0 Å². The third kappa shape index (κ3) is 25.1. The Balaban J connectivity index is 6.41. The zero-order valence-electron chi connectivity index (χ0n) is 32.5. The summed E-state index contributed by atoms with van der Waals surface area (Å²) in [6, 6.07) is -4.39. The molecule has 0 aromatic heterocycles. The van der Waals surface area contributed by atoms with E-state index in [4.69, 9.17) is 35.4 Å². The van der Waals surface area contributed by atoms with Crippen molar-refractivity contribution >= 4 is 61.5 Å². The van der Waals surface area contributed by atoms with Gasteiger partial charge >= 0.3 is 0 Å². The Morgan fingerprint density at radius 2 is 0.465 bits per heavy atom. The van der Waals surface area contributed by atoms with Crippen molar-refractivity contribution in [3.8, 4) is 0 Å². The van der Waals surface area contributed by atoms with Crippen LogP contribution in [0.2, 0.25) is 0 Å². The van der Waals surface area contributed by atoms with Gasteiger partial charge in [-0.05, 0) is 125 Å². The van der Waals surface area contributed by atoms with E-state index < -0.39 is 18.1 Å². The first-order valence-corrected chi connectivity index (χ1v) is 28.9. The molecule has 0 aliphatic rings. The van der Waals surface area contributed by atoms with Gasteiger partial charge in [0.1, 0.15) is 0 Å². The van der Waals surface area contributed by atoms with Crippen LogP contribution in [0.4, 0.5) is 0 Å². The molecule has 260 valence electrons. The molecular weight excluding hydrogens is 652 g/mol. The minimum absolute atomic E-state index is 0.120. The van der Waals surface area contributed by atoms with Crippen LogP contribution in [-0.2, 0) is 35.4 Å². The lowest BCUT2D eigenvalue weighted by Crippen LogP contribution is -2.24. The Bertz CT molecular complexity index is 798. The highest BCUT2D eigenvalue weighted by Crippen LogP contribution is 2.61. The summed E-state index contributed by atoms with van der Waals surface area (Å²) in [5.41, 5.74) is 1.78. The zero-order chi connectivity index (χ0) is 34.6. The summed E-state index contributed by atoms with van der Waals surface area (Å²) in [6.45, 7) is 43.3. The molecule has 0 saturated carbocycles. The molecule has 0 radical (unpaired) electrons. The van der Waals surface area contributed by atoms with Gasteiger partial charge in [-0.25, -0.2) is 0 Å². The fourth-order valence-corrected chi connectivity index (χ4v) is 36.4. The molecule has 0 aliphatic carbocycles. The Morgan fingerprint density at radius 1 is 0.326 bits per heavy atom. The summed E-state index contributed by atoms with van der Waals surface area (Å²) < 4.78 is 0. The average molecular weight is 731 g/mol. The lowest BCUT2D eigenvalue weighted by Gasteiger charge is -2.38. The Morgan fingerprint density at radius 3 is 0.581 bits per heavy atom. The summed E-state index contributed by atoms with van der Waals surface area (Å²) in [4.78, 5) is 0. The van der Waals surface area contributed by atoms with Crippen molar-refractivity contribution in [3.05, 3.63) is 0 Å². The molecule has 0 saturated heterocycles. The lowest BCUT2D eigenvalue weighted by molar-refractivity contribution is 0.457. The van der Waals surface area contributed by atoms with E-state index in [0.717, 1.165) is 0 Å². The predicted octanol–water partition coefficient (Wildman–Crippen LogP) is 13.2. The molecule has 0 unspecified atom stereocenters. The number of rotatable bonds is 15. The highest BCUT2D eigenvalue weighted by Gasteiger charge is 2.34. The topological polar surface area (TPSA) is 0 Å². The summed E-state index contributed by atoms with van der Waals surface area (Å²) in [7, 11) is -0.120. The van der Waals surface area contributed by atoms with Crippen LogP contribution < -0.4 is 0 Å². The summed E-state index contributed by atoms with van der Waals surface area (Å²) in [5.74, 6) is 0. The van der Waals surface area contributed by atoms with Gasteiger partial charge in [-0.3, -0.25) is 0 Å². The average Bonchev–Trinajstić information content (AvgIpc) is 2.57. The van der Waals surface area contributed by atoms with Crippen molar-refractivity contribution in [2.45, 2.75) is 125 Å². The van der Waals surface area contributed by atoms with Crippen LogP contribution >= 0.6 is 26.0 Å². The van der Waals surface area contributed by atoms with E-state index in [-0.39, 0.29) is 7.92 Å². The van der Waals surface area contributed by atoms with Crippen molar-refractivity contribution in [1.29, 1.82) is 0 Å². The van der Waals surface area contributed by atoms with Crippen LogP contribution in [-0.4, -0.2) is 73.9 Å². The van der Waals surface area contributed by atoms with Crippen LogP contribution in [0, 0.1) is 32.5 Å². The fraction of sp³-hybridized carbons (Fsp3) is 1.00. The molecule has 7 heteroatoms. The maximum atomic E-state index is 6.71. The van der Waals surface area contributed by atoms with Gasteiger partial charge in [0.05, 0.1) is 0 Å². The maximum Gasteiger partial charge on any atom is -0.0185 e. The fourth-order valence-electron chi connectivity index (χ4n) is 7.14. The molecule has 0 nitrogen and oxygen atoms in total. The van der Waals surface area contributed by atoms with Crippen LogP contribution in [0.1, 0.15) is 125 Å². The third-order valence-corrected chi connectivity index (χ3v) is 26.9. The molecule has 0 amide bonds. The van der Waals surface area contributed by atoms with Gasteiger partial charge < -0.3 is 0 Å². The van der Waals surface area contributed by atoms with Gasteiger partial charge in [-0.1, -0.05) is 160 Å². The highest BCUT2D eigenvalue weighted by atomic mass is 32.4. The van der Waals surface area contributed by atoms with E-state index in [1.165, 1.54) is 73.9 Å². The molecule has 0 rings (SSSR count). The Hall–Kier alpha value is 2.38. The molecule has 0 atom stereocenters. The van der Waals surface area contributed by atoms with Gasteiger partial charge in [-0.2, -0.15) is 0 Å². The monoisotopic (exact) mass is 730 g/mol. The predicted molar refractivity (Wildman–Crippen MR) is 225 cm³/mol. The van der Waals surface area contributed by atoms with E-state index in [2.05, 4.69) is 125 Å². The molecule has 0 bridgehead atoms. The first-order valence-electron chi connectivity index (χ1n) is 17.0. The van der Waals surface area contributed by atoms with Crippen molar-refractivity contribution < 1.29 is 0 Å². The minimum atomic E-state index is -1.46. The van der Waals surface area contributed by atoms with Gasteiger partial charge in [0.2, 0.25) is 0 Å². The molecule has 0 fully saturated rings. The van der Waals surface area contributed by atoms with E-state index in [0.29, 0.717) is 32.5 Å². The molecule has 0 aliphatic heterocycles. The van der Waals surface area contributed by atoms with Gasteiger partial charge in [0.15, 0.2) is 0 Å². The first kappa shape index (κ1) is 45.4. The second-order valence-electron chi connectivity index (χ2n) is 21.5. The summed E-state index contributed by atoms with van der Waals surface area (Å²) in [6.07, 6.45) is 15.3. The molecule has 0 N–H and O–H groups in total. The SMILES string of the molecule is CC(C)(C)CP(=S)(CCP(CCP(=S)(CC(C)(C)C)CC(C)(C)C)CCP(=S)(CC(C)(C)C)CC(C)(C)C)CC(C)(C)C. The molecule has 43 heavy (non-hydrogen) atoms. The van der Waals surface area contributed by atoms with Crippen LogP contribution in [0.3, 0.4) is 0 Å². The first-order chi connectivity index (χ1) is 18.5. The van der Waals surface area contributed by atoms with Crippen molar-refractivity contribution in [2.24, 2.45) is 32.5 Å². The summed E-state index contributed by atoms with van der Waals surface area (Å²) >= 11 is 20.1. The van der Waals surface area contributed by atoms with E-state index in [9.17, 15) is 0 Å². The Kier molecular flexibility index (Phi) is 17.3. The molecule has 0 heterocycles. The third-order valence-electron chi connectivity index (χ3n) is 7.05. The van der Waals surface area contributed by atoms with Gasteiger partial charge in [-0.15, -0.1) is 7.92 Å². The van der Waals surface area contributed by atoms with Crippen molar-refractivity contribution in [3.63, 3.8) is 0 Å². The smallest absolute Gasteiger partial charge is 0.0185 e. The lowest BCUT2D eigenvalue weighted by atomic mass is 10.00. The quantitative estimate of drug-likeness (QED) is 0.154. The number of hydrogen-bond acceptors (Lipinski definition) is 3. The van der Waals surface area contributed by atoms with E-state index in [1.807, 2.05) is 0 Å². The standard InChI is InChI=1S/C36H78P4S3/c1-31(2,3)25-38(41,26-32(4,5)6)22-19-37(20-23-39(42,27-33(7,8)9)28-34(10,11)12)21-24-40(43,29-35(13,14)15)30-36(16,17)18/h19-30H2,1-18H3.